The first-order valence-corrected chi connectivity index (χ1v) is 9.07. The normalized spacial score (nSPS) is 13.6. The fraction of sp³-hybridized carbons (Fsp3) is 0.368. The van der Waals surface area contributed by atoms with Crippen molar-refractivity contribution in [3.8, 4) is 0 Å². The number of nitrogens with one attached hydrogen (secondary N) is 1. The van der Waals surface area contributed by atoms with E-state index in [0.29, 0.717) is 17.3 Å². The Hall–Kier alpha value is -2.08. The van der Waals surface area contributed by atoms with E-state index in [2.05, 4.69) is 25.8 Å². The quantitative estimate of drug-likeness (QED) is 0.755. The summed E-state index contributed by atoms with van der Waals surface area (Å²) in [7, 11) is 0. The van der Waals surface area contributed by atoms with E-state index in [1.54, 1.807) is 6.07 Å². The van der Waals surface area contributed by atoms with Crippen molar-refractivity contribution in [2.24, 2.45) is 0 Å². The summed E-state index contributed by atoms with van der Waals surface area (Å²) in [6.07, 6.45) is 2.31. The molecule has 0 atom stereocenters. The lowest BCUT2D eigenvalue weighted by Crippen LogP contribution is -2.21. The topological polar surface area (TPSA) is 60.3 Å². The first kappa shape index (κ1) is 17.7. The fourth-order valence-electron chi connectivity index (χ4n) is 3.01. The van der Waals surface area contributed by atoms with Gasteiger partial charge in [0, 0.05) is 27.6 Å². The van der Waals surface area contributed by atoms with E-state index in [1.165, 1.54) is 0 Å². The summed E-state index contributed by atoms with van der Waals surface area (Å²) in [5, 5.41) is 2.73. The second kappa shape index (κ2) is 7.04. The molecule has 0 aliphatic heterocycles. The van der Waals surface area contributed by atoms with Crippen molar-refractivity contribution < 1.29 is 14.3 Å². The van der Waals surface area contributed by atoms with Crippen LogP contribution in [0, 0.1) is 20.8 Å². The molecule has 1 aliphatic carbocycles. The molecule has 0 radical (unpaired) electrons. The van der Waals surface area contributed by atoms with Crippen LogP contribution in [0.5, 0.6) is 0 Å². The number of hydrogen-bond acceptors (Lipinski definition) is 3. The molecule has 5 nitrogen and oxygen atoms in total. The first-order valence-electron chi connectivity index (χ1n) is 8.28. The maximum Gasteiger partial charge on any atom is 0.340 e. The zero-order valence-electron chi connectivity index (χ0n) is 14.6. The summed E-state index contributed by atoms with van der Waals surface area (Å²) in [4.78, 5) is 24.3. The van der Waals surface area contributed by atoms with Crippen molar-refractivity contribution in [3.63, 3.8) is 0 Å². The number of amides is 1. The average Bonchev–Trinajstić information content (AvgIpc) is 3.34. The van der Waals surface area contributed by atoms with E-state index >= 15 is 0 Å². The molecule has 6 heteroatoms. The van der Waals surface area contributed by atoms with E-state index in [1.807, 2.05) is 39.0 Å². The van der Waals surface area contributed by atoms with Crippen LogP contribution in [0.4, 0.5) is 5.69 Å². The zero-order chi connectivity index (χ0) is 18.1. The number of benzene rings is 1. The molecule has 1 saturated carbocycles. The van der Waals surface area contributed by atoms with E-state index in [4.69, 9.17) is 4.74 Å². The summed E-state index contributed by atoms with van der Waals surface area (Å²) in [5.41, 5.74) is 4.20. The van der Waals surface area contributed by atoms with Crippen LogP contribution < -0.4 is 5.32 Å². The van der Waals surface area contributed by atoms with Crippen molar-refractivity contribution >= 4 is 33.5 Å². The molecule has 3 rings (SSSR count). The molecule has 1 aromatic heterocycles. The van der Waals surface area contributed by atoms with Gasteiger partial charge in [0.25, 0.3) is 5.91 Å². The number of esters is 1. The number of halogens is 1. The molecule has 25 heavy (non-hydrogen) atoms. The van der Waals surface area contributed by atoms with Crippen LogP contribution in [0.15, 0.2) is 28.7 Å². The summed E-state index contributed by atoms with van der Waals surface area (Å²) in [5.74, 6) is -0.812. The zero-order valence-corrected chi connectivity index (χ0v) is 16.1. The van der Waals surface area contributed by atoms with Crippen LogP contribution in [0.2, 0.25) is 0 Å². The predicted octanol–water partition coefficient (Wildman–Crippen LogP) is 4.31. The standard InChI is InChI=1S/C19H21BrN2O3/c1-11-8-14(4-7-17(11)20)21-18(23)10-25-19(24)16-9-12(2)22(13(16)3)15-5-6-15/h4,7-9,15H,5-6,10H2,1-3H3,(H,21,23). The fourth-order valence-corrected chi connectivity index (χ4v) is 3.25. The van der Waals surface area contributed by atoms with Gasteiger partial charge in [0.05, 0.1) is 5.56 Å². The van der Waals surface area contributed by atoms with Crippen LogP contribution >= 0.6 is 15.9 Å². The van der Waals surface area contributed by atoms with Gasteiger partial charge in [0.2, 0.25) is 0 Å². The number of nitrogens with zero attached hydrogens (tertiary/aromatic N) is 1. The van der Waals surface area contributed by atoms with Crippen molar-refractivity contribution in [2.45, 2.75) is 39.7 Å². The number of ether oxygens (including phenoxy) is 1. The summed E-state index contributed by atoms with van der Waals surface area (Å²) >= 11 is 3.42. The maximum atomic E-state index is 12.3. The SMILES string of the molecule is Cc1cc(NC(=O)COC(=O)c2cc(C)n(C3CC3)c2C)ccc1Br. The number of aromatic nitrogens is 1. The Morgan fingerprint density at radius 1 is 1.24 bits per heavy atom. The Morgan fingerprint density at radius 2 is 1.96 bits per heavy atom. The molecule has 1 aromatic carbocycles. The second-order valence-electron chi connectivity index (χ2n) is 6.47. The van der Waals surface area contributed by atoms with Gasteiger partial charge in [-0.05, 0) is 63.4 Å². The first-order chi connectivity index (χ1) is 11.9. The Balaban J connectivity index is 1.59. The molecule has 1 fully saturated rings. The number of anilines is 1. The molecule has 1 amide bonds. The molecule has 0 bridgehead atoms. The highest BCUT2D eigenvalue weighted by molar-refractivity contribution is 9.10. The largest absolute Gasteiger partial charge is 0.452 e. The van der Waals surface area contributed by atoms with E-state index in [-0.39, 0.29) is 12.5 Å². The van der Waals surface area contributed by atoms with Gasteiger partial charge in [-0.3, -0.25) is 4.79 Å². The van der Waals surface area contributed by atoms with Gasteiger partial charge in [-0.25, -0.2) is 4.79 Å². The minimum atomic E-state index is -0.456. The van der Waals surface area contributed by atoms with Gasteiger partial charge in [0.1, 0.15) is 0 Å². The van der Waals surface area contributed by atoms with Gasteiger partial charge >= 0.3 is 5.97 Å². The minimum Gasteiger partial charge on any atom is -0.452 e. The van der Waals surface area contributed by atoms with Crippen molar-refractivity contribution in [1.29, 1.82) is 0 Å². The van der Waals surface area contributed by atoms with E-state index in [0.717, 1.165) is 34.3 Å². The molecule has 1 N–H and O–H groups in total. The van der Waals surface area contributed by atoms with Gasteiger partial charge in [-0.1, -0.05) is 15.9 Å². The Bertz CT molecular complexity index is 837. The Kier molecular flexibility index (Phi) is 4.99. The lowest BCUT2D eigenvalue weighted by atomic mass is 10.2. The number of aryl methyl sites for hydroxylation is 2. The van der Waals surface area contributed by atoms with Gasteiger partial charge in [0.15, 0.2) is 6.61 Å². The van der Waals surface area contributed by atoms with Crippen LogP contribution in [-0.4, -0.2) is 23.1 Å². The number of carbonyl (C=O) groups is 2. The molecule has 0 spiro atoms. The molecule has 0 unspecified atom stereocenters. The predicted molar refractivity (Wildman–Crippen MR) is 100.0 cm³/mol. The third kappa shape index (κ3) is 3.95. The summed E-state index contributed by atoms with van der Waals surface area (Å²) in [6, 6.07) is 7.86. The molecule has 2 aromatic rings. The van der Waals surface area contributed by atoms with Crippen LogP contribution in [0.1, 0.15) is 46.2 Å². The van der Waals surface area contributed by atoms with Crippen molar-refractivity contribution in [2.75, 3.05) is 11.9 Å². The van der Waals surface area contributed by atoms with Crippen molar-refractivity contribution in [1.82, 2.24) is 4.57 Å². The van der Waals surface area contributed by atoms with Crippen LogP contribution in [0.3, 0.4) is 0 Å². The Labute approximate surface area is 155 Å². The third-order valence-corrected chi connectivity index (χ3v) is 5.28. The Morgan fingerprint density at radius 3 is 2.60 bits per heavy atom. The smallest absolute Gasteiger partial charge is 0.340 e. The highest BCUT2D eigenvalue weighted by Crippen LogP contribution is 2.38. The summed E-state index contributed by atoms with van der Waals surface area (Å²) < 4.78 is 8.35. The molecule has 1 aliphatic rings. The molecule has 132 valence electrons. The third-order valence-electron chi connectivity index (χ3n) is 4.39. The summed E-state index contributed by atoms with van der Waals surface area (Å²) in [6.45, 7) is 5.55. The maximum absolute atomic E-state index is 12.3. The number of carbonyl (C=O) groups excluding carboxylic acids is 2. The molecular formula is C19H21BrN2O3. The minimum absolute atomic E-state index is 0.305. The highest BCUT2D eigenvalue weighted by atomic mass is 79.9. The number of hydrogen-bond donors (Lipinski definition) is 1. The van der Waals surface area contributed by atoms with Gasteiger partial charge in [-0.2, -0.15) is 0 Å². The lowest BCUT2D eigenvalue weighted by Gasteiger charge is -2.09. The van der Waals surface area contributed by atoms with Crippen molar-refractivity contribution in [3.05, 3.63) is 51.3 Å². The van der Waals surface area contributed by atoms with E-state index < -0.39 is 5.97 Å². The van der Waals surface area contributed by atoms with E-state index in [9.17, 15) is 9.59 Å². The monoisotopic (exact) mass is 404 g/mol. The van der Waals surface area contributed by atoms with Crippen LogP contribution in [0.25, 0.3) is 0 Å². The average molecular weight is 405 g/mol. The van der Waals surface area contributed by atoms with Gasteiger partial charge < -0.3 is 14.6 Å². The van der Waals surface area contributed by atoms with Gasteiger partial charge in [-0.15, -0.1) is 0 Å². The highest BCUT2D eigenvalue weighted by Gasteiger charge is 2.28. The number of rotatable bonds is 5. The van der Waals surface area contributed by atoms with Crippen LogP contribution in [-0.2, 0) is 9.53 Å². The molecule has 1 heterocycles. The molecular weight excluding hydrogens is 384 g/mol. The molecule has 0 saturated heterocycles. The lowest BCUT2D eigenvalue weighted by molar-refractivity contribution is -0.119. The second-order valence-corrected chi connectivity index (χ2v) is 7.33.